The smallest absolute Gasteiger partial charge is 1.00 e. The van der Waals surface area contributed by atoms with Crippen LogP contribution < -0.4 is 0 Å². The molecule has 0 atom stereocenters. The van der Waals surface area contributed by atoms with E-state index in [0.29, 0.717) is 0 Å². The molecule has 0 unspecified atom stereocenters. The topological polar surface area (TPSA) is 40.5 Å². The zero-order valence-electron chi connectivity index (χ0n) is 6.91. The summed E-state index contributed by atoms with van der Waals surface area (Å²) in [4.78, 5) is 0. The minimum absolute atomic E-state index is 0. The molecule has 0 radical (unpaired) electrons. The summed E-state index contributed by atoms with van der Waals surface area (Å²) in [6, 6.07) is 5.70. The summed E-state index contributed by atoms with van der Waals surface area (Å²) >= 11 is 0. The molecule has 46 valence electrons. The SMILES string of the molecule is Oc1ccc(O)cc1.[Ba+2].[H-].[H-]. The molecule has 0 aliphatic heterocycles. The van der Waals surface area contributed by atoms with Gasteiger partial charge in [-0.15, -0.1) is 0 Å². The van der Waals surface area contributed by atoms with Crippen molar-refractivity contribution < 1.29 is 13.1 Å². The fraction of sp³-hybridized carbons (Fsp3) is 0. The van der Waals surface area contributed by atoms with E-state index in [1.807, 2.05) is 0 Å². The van der Waals surface area contributed by atoms with Crippen LogP contribution in [0.2, 0.25) is 0 Å². The second-order valence-corrected chi connectivity index (χ2v) is 1.52. The molecular weight excluding hydrogens is 241 g/mol. The predicted molar refractivity (Wildman–Crippen MR) is 37.7 cm³/mol. The Hall–Kier alpha value is 0.391. The summed E-state index contributed by atoms with van der Waals surface area (Å²) in [5, 5.41) is 17.3. The van der Waals surface area contributed by atoms with Crippen LogP contribution in [0.3, 0.4) is 0 Å². The van der Waals surface area contributed by atoms with Crippen LogP contribution in [0.1, 0.15) is 2.85 Å². The number of phenolic OH excluding ortho intramolecular Hbond substituents is 2. The molecule has 0 aliphatic carbocycles. The molecule has 1 aromatic carbocycles. The minimum atomic E-state index is 0. The number of hydrogen-bond donors (Lipinski definition) is 2. The van der Waals surface area contributed by atoms with Crippen molar-refractivity contribution in [2.75, 3.05) is 0 Å². The standard InChI is InChI=1S/C6H6O2.Ba.2H/c7-5-1-2-6(8)4-3-5;;;/h1-4,7-8H;;;/q;+2;2*-1. The Morgan fingerprint density at radius 3 is 1.33 bits per heavy atom. The van der Waals surface area contributed by atoms with Gasteiger partial charge in [0.2, 0.25) is 0 Å². The third-order valence-electron chi connectivity index (χ3n) is 0.850. The molecule has 0 heterocycles. The zero-order valence-corrected chi connectivity index (χ0v) is 9.35. The molecule has 0 bridgehead atoms. The van der Waals surface area contributed by atoms with Crippen molar-refractivity contribution in [3.63, 3.8) is 0 Å². The molecule has 0 fully saturated rings. The van der Waals surface area contributed by atoms with Gasteiger partial charge in [-0.25, -0.2) is 0 Å². The van der Waals surface area contributed by atoms with Gasteiger partial charge < -0.3 is 13.1 Å². The van der Waals surface area contributed by atoms with E-state index in [9.17, 15) is 0 Å². The molecule has 9 heavy (non-hydrogen) atoms. The summed E-state index contributed by atoms with van der Waals surface area (Å²) in [7, 11) is 0. The Labute approximate surface area is 96.6 Å². The van der Waals surface area contributed by atoms with Gasteiger partial charge in [0.15, 0.2) is 0 Å². The van der Waals surface area contributed by atoms with E-state index in [1.165, 1.54) is 24.3 Å². The third-order valence-corrected chi connectivity index (χ3v) is 0.850. The van der Waals surface area contributed by atoms with Crippen LogP contribution in [0.15, 0.2) is 24.3 Å². The fourth-order valence-electron chi connectivity index (χ4n) is 0.453. The minimum Gasteiger partial charge on any atom is -1.00 e. The molecule has 1 aromatic rings. The van der Waals surface area contributed by atoms with Gasteiger partial charge >= 0.3 is 48.9 Å². The van der Waals surface area contributed by atoms with Crippen molar-refractivity contribution in [3.8, 4) is 11.5 Å². The first-order chi connectivity index (χ1) is 3.79. The summed E-state index contributed by atoms with van der Waals surface area (Å²) in [6.45, 7) is 0. The van der Waals surface area contributed by atoms with Gasteiger partial charge in [-0.1, -0.05) is 0 Å². The third kappa shape index (κ3) is 3.17. The normalized spacial score (nSPS) is 8.00. The summed E-state index contributed by atoms with van der Waals surface area (Å²) in [6.07, 6.45) is 0. The van der Waals surface area contributed by atoms with Crippen molar-refractivity contribution in [1.29, 1.82) is 0 Å². The van der Waals surface area contributed by atoms with Crippen LogP contribution in [0.25, 0.3) is 0 Å². The average Bonchev–Trinajstić information content (AvgIpc) is 1.77. The van der Waals surface area contributed by atoms with Crippen LogP contribution in [0.5, 0.6) is 11.5 Å². The molecule has 0 aromatic heterocycles. The van der Waals surface area contributed by atoms with Gasteiger partial charge in [-0.2, -0.15) is 0 Å². The maximum atomic E-state index is 8.65. The summed E-state index contributed by atoms with van der Waals surface area (Å²) in [5.74, 6) is 0.339. The fourth-order valence-corrected chi connectivity index (χ4v) is 0.453. The molecule has 0 spiro atoms. The maximum Gasteiger partial charge on any atom is 2.00 e. The van der Waals surface area contributed by atoms with E-state index >= 15 is 0 Å². The van der Waals surface area contributed by atoms with Crippen molar-refractivity contribution >= 4 is 48.9 Å². The second kappa shape index (κ2) is 4.25. The molecule has 0 amide bonds. The van der Waals surface area contributed by atoms with E-state index in [-0.39, 0.29) is 63.2 Å². The molecule has 0 saturated heterocycles. The van der Waals surface area contributed by atoms with Crippen LogP contribution in [0, 0.1) is 0 Å². The Morgan fingerprint density at radius 2 is 1.11 bits per heavy atom. The quantitative estimate of drug-likeness (QED) is 0.531. The molecule has 2 N–H and O–H groups in total. The van der Waals surface area contributed by atoms with Crippen LogP contribution in [-0.2, 0) is 0 Å². The first-order valence-corrected chi connectivity index (χ1v) is 2.27. The van der Waals surface area contributed by atoms with Gasteiger partial charge in [0.05, 0.1) is 0 Å². The van der Waals surface area contributed by atoms with Crippen LogP contribution in [-0.4, -0.2) is 59.1 Å². The molecule has 3 heteroatoms. The van der Waals surface area contributed by atoms with Crippen molar-refractivity contribution in [1.82, 2.24) is 0 Å². The Bertz CT molecular complexity index is 157. The number of hydrogen-bond acceptors (Lipinski definition) is 2. The van der Waals surface area contributed by atoms with Crippen molar-refractivity contribution in [2.45, 2.75) is 0 Å². The predicted octanol–water partition coefficient (Wildman–Crippen LogP) is 0.942. The van der Waals surface area contributed by atoms with Gasteiger partial charge in [0.1, 0.15) is 11.5 Å². The van der Waals surface area contributed by atoms with Crippen molar-refractivity contribution in [2.24, 2.45) is 0 Å². The largest absolute Gasteiger partial charge is 2.00 e. The van der Waals surface area contributed by atoms with E-state index in [2.05, 4.69) is 0 Å². The Kier molecular flexibility index (Phi) is 4.43. The molecule has 0 aliphatic rings. The Morgan fingerprint density at radius 1 is 0.889 bits per heavy atom. The number of rotatable bonds is 0. The number of benzene rings is 1. The van der Waals surface area contributed by atoms with E-state index < -0.39 is 0 Å². The van der Waals surface area contributed by atoms with Crippen LogP contribution in [0.4, 0.5) is 0 Å². The van der Waals surface area contributed by atoms with Gasteiger partial charge in [-0.3, -0.25) is 0 Å². The molecule has 0 saturated carbocycles. The second-order valence-electron chi connectivity index (χ2n) is 1.52. The molecule has 2 nitrogen and oxygen atoms in total. The molecular formula is C6H8BaO2. The first-order valence-electron chi connectivity index (χ1n) is 2.27. The van der Waals surface area contributed by atoms with Gasteiger partial charge in [0, 0.05) is 0 Å². The average molecular weight is 249 g/mol. The monoisotopic (exact) mass is 250 g/mol. The van der Waals surface area contributed by atoms with Crippen LogP contribution >= 0.6 is 0 Å². The van der Waals surface area contributed by atoms with Gasteiger partial charge in [-0.05, 0) is 24.3 Å². The summed E-state index contributed by atoms with van der Waals surface area (Å²) < 4.78 is 0. The maximum absolute atomic E-state index is 8.65. The van der Waals surface area contributed by atoms with E-state index in [4.69, 9.17) is 10.2 Å². The Balaban J connectivity index is -0.000000213. The molecule has 1 rings (SSSR count). The number of aromatic hydroxyl groups is 2. The first kappa shape index (κ1) is 9.39. The van der Waals surface area contributed by atoms with Crippen molar-refractivity contribution in [3.05, 3.63) is 24.3 Å². The van der Waals surface area contributed by atoms with E-state index in [1.54, 1.807) is 0 Å². The zero-order chi connectivity index (χ0) is 5.98. The van der Waals surface area contributed by atoms with Gasteiger partial charge in [0.25, 0.3) is 0 Å². The van der Waals surface area contributed by atoms with E-state index in [0.717, 1.165) is 0 Å². The number of phenols is 2. The summed E-state index contributed by atoms with van der Waals surface area (Å²) in [5.41, 5.74) is 0.